The van der Waals surface area contributed by atoms with Gasteiger partial charge in [0.1, 0.15) is 34.6 Å². The Morgan fingerprint density at radius 1 is 0.312 bits per heavy atom. The van der Waals surface area contributed by atoms with Crippen molar-refractivity contribution in [3.05, 3.63) is 205 Å². The molecule has 0 aliphatic rings. The molecule has 10 aromatic carbocycles. The van der Waals surface area contributed by atoms with E-state index in [1.165, 1.54) is 46.5 Å². The maximum Gasteiger partial charge on any atom is 2.00 e. The normalized spacial score (nSPS) is 12.8. The molecule has 0 heterocycles. The Morgan fingerprint density at radius 3 is 0.969 bits per heavy atom. The van der Waals surface area contributed by atoms with Gasteiger partial charge < -0.3 is 34.5 Å². The van der Waals surface area contributed by atoms with Crippen molar-refractivity contribution in [2.75, 3.05) is 13.2 Å². The number of ether oxygens (including phenoxy) is 2. The van der Waals surface area contributed by atoms with Crippen LogP contribution in [0.4, 0.5) is 8.78 Å². The first-order valence-electron chi connectivity index (χ1n) is 33.6. The Morgan fingerprint density at radius 2 is 0.625 bits per heavy atom. The molecule has 96 heavy (non-hydrogen) atoms. The smallest absolute Gasteiger partial charge is 0.507 e. The van der Waals surface area contributed by atoms with E-state index in [1.807, 2.05) is 12.1 Å². The van der Waals surface area contributed by atoms with Crippen molar-refractivity contribution in [3.8, 4) is 67.5 Å². The zero-order valence-electron chi connectivity index (χ0n) is 62.4. The van der Waals surface area contributed by atoms with Crippen molar-refractivity contribution in [1.29, 1.82) is 0 Å². The average molecular weight is 1370 g/mol. The van der Waals surface area contributed by atoms with Gasteiger partial charge in [-0.25, -0.2) is 8.78 Å². The number of rotatable bonds is 14. The van der Waals surface area contributed by atoms with Gasteiger partial charge in [-0.3, -0.25) is 0 Å². The van der Waals surface area contributed by atoms with Gasteiger partial charge in [-0.1, -0.05) is 207 Å². The molecule has 506 valence electrons. The van der Waals surface area contributed by atoms with Crippen molar-refractivity contribution >= 4 is 43.1 Å². The Balaban J connectivity index is 0.00000433. The first-order chi connectivity index (χ1) is 43.0. The SMILES string of the molecule is CC(C)(C)CC(C)(C)c1cc(-c2cc(F)ccc2OCCCOc2ccc(F)cc2-c2cc(C(C)(C)CC(C)(C)C)cc(-c3c4cc(C(C)(C)C)ccc4cc4ccc(C(C)(C)C)cc34)c2O)c(O)c(-c2c3ccc(C(C)(C)C)cc3cc3ccc(C(C)(C)C)cc23)c1.[CH3-].[CH3-].[Zr+2]. The summed E-state index contributed by atoms with van der Waals surface area (Å²) in [5.74, 6) is -0.00950. The van der Waals surface area contributed by atoms with Crippen LogP contribution in [0.5, 0.6) is 23.0 Å². The average Bonchev–Trinajstić information content (AvgIpc) is 0.739. The molecule has 10 aromatic rings. The summed E-state index contributed by atoms with van der Waals surface area (Å²) in [6.45, 7) is 49.6. The van der Waals surface area contributed by atoms with Gasteiger partial charge in [0, 0.05) is 50.9 Å². The van der Waals surface area contributed by atoms with Crippen LogP contribution in [0.3, 0.4) is 0 Å². The number of benzene rings is 10. The molecule has 0 spiro atoms. The van der Waals surface area contributed by atoms with Gasteiger partial charge in [0.25, 0.3) is 0 Å². The summed E-state index contributed by atoms with van der Waals surface area (Å²) in [7, 11) is 0. The van der Waals surface area contributed by atoms with Crippen LogP contribution in [0.2, 0.25) is 0 Å². The van der Waals surface area contributed by atoms with Gasteiger partial charge in [-0.15, -0.1) is 0 Å². The Kier molecular flexibility index (Phi) is 21.9. The second-order valence-electron chi connectivity index (χ2n) is 34.7. The molecule has 0 atom stereocenters. The van der Waals surface area contributed by atoms with E-state index < -0.39 is 11.6 Å². The number of aromatic hydroxyl groups is 2. The van der Waals surface area contributed by atoms with Crippen molar-refractivity contribution in [3.63, 3.8) is 0 Å². The van der Waals surface area contributed by atoms with Crippen molar-refractivity contribution in [1.82, 2.24) is 0 Å². The van der Waals surface area contributed by atoms with Crippen molar-refractivity contribution < 1.29 is 54.7 Å². The summed E-state index contributed by atoms with van der Waals surface area (Å²) in [6.07, 6.45) is 2.07. The van der Waals surface area contributed by atoms with Gasteiger partial charge in [0.15, 0.2) is 0 Å². The van der Waals surface area contributed by atoms with Crippen LogP contribution >= 0.6 is 0 Å². The summed E-state index contributed by atoms with van der Waals surface area (Å²) >= 11 is 0. The molecule has 0 saturated heterocycles. The Labute approximate surface area is 594 Å². The molecule has 7 heteroatoms. The fourth-order valence-electron chi connectivity index (χ4n) is 14.5. The summed E-state index contributed by atoms with van der Waals surface area (Å²) in [5, 5.41) is 34.8. The molecule has 0 radical (unpaired) electrons. The second-order valence-corrected chi connectivity index (χ2v) is 34.7. The van der Waals surface area contributed by atoms with E-state index in [0.29, 0.717) is 51.3 Å². The topological polar surface area (TPSA) is 58.9 Å². The van der Waals surface area contributed by atoms with Crippen LogP contribution in [0.1, 0.15) is 205 Å². The standard InChI is InChI=1S/C87H102F2O4.2CH3.Zr/c1-80(2,3)50-86(19,20)60-44-70(78(90)72(46-60)76-64-33-30-56(82(7,8)9)40-55(64)39-54-26-29-57(41-65(54)76)83(10,11)12)68-48-62(88)31-34-74(68)92-36-23-37-93-75-35-32-63(89)49-69(75)71-45-61(87(21,22)51-81(4,5)6)47-73(79(71)91)77-66-42-58(84(13,14)15)27-24-52(66)38-53-25-28-59(43-67(53)77)85(16,17)18;;;/h24-35,38-49,90-91H,23,36-37,50-51H2,1-22H3;2*1H3;/q;2*-1;+2. The number of hydrogen-bond acceptors (Lipinski definition) is 4. The maximum atomic E-state index is 16.1. The number of phenolic OH excluding ortho intramolecular Hbond substituents is 2. The fourth-order valence-corrected chi connectivity index (χ4v) is 14.5. The minimum atomic E-state index is -0.458. The molecular formula is C89H108F2O4Zr. The third kappa shape index (κ3) is 16.3. The predicted molar refractivity (Wildman–Crippen MR) is 405 cm³/mol. The van der Waals surface area contributed by atoms with E-state index in [9.17, 15) is 10.2 Å². The minimum Gasteiger partial charge on any atom is -0.507 e. The summed E-state index contributed by atoms with van der Waals surface area (Å²) in [5.41, 5.74) is 10.4. The molecule has 0 aromatic heterocycles. The van der Waals surface area contributed by atoms with E-state index in [2.05, 4.69) is 249 Å². The zero-order chi connectivity index (χ0) is 68.1. The Bertz CT molecular complexity index is 4450. The van der Waals surface area contributed by atoms with Crippen LogP contribution in [0, 0.1) is 37.3 Å². The monoisotopic (exact) mass is 1370 g/mol. The van der Waals surface area contributed by atoms with Gasteiger partial charge in [-0.05, 0) is 224 Å². The summed E-state index contributed by atoms with van der Waals surface area (Å²) < 4.78 is 45.6. The van der Waals surface area contributed by atoms with Crippen LogP contribution < -0.4 is 9.47 Å². The molecule has 0 aliphatic carbocycles. The van der Waals surface area contributed by atoms with E-state index in [4.69, 9.17) is 9.47 Å². The minimum absolute atomic E-state index is 0. The molecule has 0 bridgehead atoms. The molecule has 4 nitrogen and oxygen atoms in total. The molecule has 2 N–H and O–H groups in total. The first kappa shape index (κ1) is 76.5. The van der Waals surface area contributed by atoms with Gasteiger partial charge >= 0.3 is 26.2 Å². The third-order valence-electron chi connectivity index (χ3n) is 18.9. The van der Waals surface area contributed by atoms with E-state index in [-0.39, 0.29) is 109 Å². The van der Waals surface area contributed by atoms with Crippen molar-refractivity contribution in [2.45, 2.75) is 204 Å². The predicted octanol–water partition coefficient (Wildman–Crippen LogP) is 26.0. The van der Waals surface area contributed by atoms with Crippen molar-refractivity contribution in [2.24, 2.45) is 10.8 Å². The van der Waals surface area contributed by atoms with E-state index >= 15 is 8.78 Å². The second kappa shape index (κ2) is 27.5. The molecule has 10 rings (SSSR count). The van der Waals surface area contributed by atoms with Crippen LogP contribution in [-0.4, -0.2) is 23.4 Å². The van der Waals surface area contributed by atoms with Crippen LogP contribution in [0.25, 0.3) is 87.6 Å². The number of hydrogen-bond donors (Lipinski definition) is 2. The largest absolute Gasteiger partial charge is 2.00 e. The van der Waals surface area contributed by atoms with E-state index in [1.54, 1.807) is 12.1 Å². The van der Waals surface area contributed by atoms with Crippen LogP contribution in [0.15, 0.2) is 146 Å². The first-order valence-corrected chi connectivity index (χ1v) is 33.6. The quantitative estimate of drug-likeness (QED) is 0.0647. The number of phenols is 2. The molecule has 0 fully saturated rings. The molecular weight excluding hydrogens is 1260 g/mol. The summed E-state index contributed by atoms with van der Waals surface area (Å²) in [6, 6.07) is 48.8. The van der Waals surface area contributed by atoms with Gasteiger partial charge in [-0.2, -0.15) is 0 Å². The molecule has 0 amide bonds. The molecule has 0 aliphatic heterocycles. The zero-order valence-corrected chi connectivity index (χ0v) is 64.8. The third-order valence-corrected chi connectivity index (χ3v) is 18.9. The maximum absolute atomic E-state index is 16.1. The molecule has 0 saturated carbocycles. The summed E-state index contributed by atoms with van der Waals surface area (Å²) in [4.78, 5) is 0. The van der Waals surface area contributed by atoms with E-state index in [0.717, 1.165) is 78.2 Å². The van der Waals surface area contributed by atoms with Gasteiger partial charge in [0.05, 0.1) is 13.2 Å². The number of halogens is 2. The fraction of sp³-hybridized carbons (Fsp3) is 0.393. The van der Waals surface area contributed by atoms with Crippen LogP contribution in [-0.2, 0) is 58.7 Å². The number of fused-ring (bicyclic) bond motifs is 4. The van der Waals surface area contributed by atoms with Gasteiger partial charge in [0.2, 0.25) is 0 Å². The Hall–Kier alpha value is -6.82. The molecule has 0 unspecified atom stereocenters.